The summed E-state index contributed by atoms with van der Waals surface area (Å²) < 4.78 is 5.42. The second-order valence-corrected chi connectivity index (χ2v) is 3.07. The maximum atomic E-state index is 5.42. The number of aryl methyl sites for hydroxylation is 1. The predicted molar refractivity (Wildman–Crippen MR) is 54.1 cm³/mol. The molecule has 0 aliphatic carbocycles. The highest BCUT2D eigenvalue weighted by atomic mass is 16.5. The summed E-state index contributed by atoms with van der Waals surface area (Å²) in [4.78, 5) is 4.31. The molecule has 2 nitrogen and oxygen atoms in total. The molecule has 13 heavy (non-hydrogen) atoms. The first-order valence-electron chi connectivity index (χ1n) is 4.68. The van der Waals surface area contributed by atoms with Crippen LogP contribution in [0.4, 0.5) is 5.69 Å². The molecule has 2 rings (SSSR count). The highest BCUT2D eigenvalue weighted by molar-refractivity contribution is 5.69. The van der Waals surface area contributed by atoms with Crippen molar-refractivity contribution in [1.82, 2.24) is 0 Å². The number of nitrogens with zero attached hydrogens (tertiary/aromatic N) is 1. The molecule has 0 spiro atoms. The van der Waals surface area contributed by atoms with Crippen LogP contribution in [-0.2, 0) is 6.42 Å². The molecular formula is C11H13NO. The Morgan fingerprint density at radius 3 is 3.23 bits per heavy atom. The predicted octanol–water partition coefficient (Wildman–Crippen LogP) is 2.73. The lowest BCUT2D eigenvalue weighted by Crippen LogP contribution is -1.96. The first kappa shape index (κ1) is 8.30. The van der Waals surface area contributed by atoms with Gasteiger partial charge in [0.05, 0.1) is 12.3 Å². The minimum atomic E-state index is 0.724. The van der Waals surface area contributed by atoms with E-state index in [9.17, 15) is 0 Å². The average molecular weight is 175 g/mol. The van der Waals surface area contributed by atoms with E-state index in [0.717, 1.165) is 30.9 Å². The number of ether oxygens (including phenoxy) is 1. The van der Waals surface area contributed by atoms with Gasteiger partial charge in [0.25, 0.3) is 0 Å². The van der Waals surface area contributed by atoms with E-state index < -0.39 is 0 Å². The van der Waals surface area contributed by atoms with Crippen LogP contribution in [0.3, 0.4) is 0 Å². The van der Waals surface area contributed by atoms with Gasteiger partial charge in [-0.2, -0.15) is 0 Å². The van der Waals surface area contributed by atoms with Crippen molar-refractivity contribution in [1.29, 1.82) is 0 Å². The van der Waals surface area contributed by atoms with Crippen LogP contribution in [0.2, 0.25) is 0 Å². The van der Waals surface area contributed by atoms with E-state index in [0.29, 0.717) is 0 Å². The minimum absolute atomic E-state index is 0.724. The van der Waals surface area contributed by atoms with Crippen LogP contribution in [0.15, 0.2) is 23.2 Å². The Balaban J connectivity index is 2.31. The lowest BCUT2D eigenvalue weighted by molar-refractivity contribution is 0.340. The van der Waals surface area contributed by atoms with Crippen molar-refractivity contribution in [3.8, 4) is 5.75 Å². The monoisotopic (exact) mass is 175 g/mol. The Hall–Kier alpha value is -1.31. The highest BCUT2D eigenvalue weighted by Gasteiger charge is 2.06. The van der Waals surface area contributed by atoms with Gasteiger partial charge in [0.15, 0.2) is 0 Å². The van der Waals surface area contributed by atoms with Gasteiger partial charge < -0.3 is 4.74 Å². The van der Waals surface area contributed by atoms with Gasteiger partial charge in [-0.1, -0.05) is 0 Å². The third-order valence-corrected chi connectivity index (χ3v) is 2.14. The lowest BCUT2D eigenvalue weighted by atomic mass is 10.1. The summed E-state index contributed by atoms with van der Waals surface area (Å²) in [6, 6.07) is 6.09. The van der Waals surface area contributed by atoms with Crippen molar-refractivity contribution < 1.29 is 4.74 Å². The fourth-order valence-corrected chi connectivity index (χ4v) is 1.53. The van der Waals surface area contributed by atoms with Crippen molar-refractivity contribution in [2.75, 3.05) is 6.61 Å². The van der Waals surface area contributed by atoms with Gasteiger partial charge in [-0.05, 0) is 43.5 Å². The second kappa shape index (κ2) is 3.60. The molecule has 68 valence electrons. The summed E-state index contributed by atoms with van der Waals surface area (Å²) >= 11 is 0. The number of hydrogen-bond donors (Lipinski definition) is 0. The minimum Gasteiger partial charge on any atom is -0.494 e. The lowest BCUT2D eigenvalue weighted by Gasteiger charge is -2.11. The zero-order chi connectivity index (χ0) is 9.10. The van der Waals surface area contributed by atoms with Crippen LogP contribution in [0.1, 0.15) is 18.9 Å². The van der Waals surface area contributed by atoms with Crippen LogP contribution in [-0.4, -0.2) is 12.8 Å². The van der Waals surface area contributed by atoms with E-state index in [4.69, 9.17) is 4.74 Å². The van der Waals surface area contributed by atoms with E-state index in [1.807, 2.05) is 25.3 Å². The molecule has 1 aromatic carbocycles. The zero-order valence-corrected chi connectivity index (χ0v) is 7.79. The highest BCUT2D eigenvalue weighted by Crippen LogP contribution is 2.27. The molecule has 0 fully saturated rings. The average Bonchev–Trinajstić information content (AvgIpc) is 2.18. The molecule has 0 bridgehead atoms. The normalized spacial score (nSPS) is 13.9. The number of fused-ring (bicyclic) bond motifs is 1. The summed E-state index contributed by atoms with van der Waals surface area (Å²) in [6.07, 6.45) is 4.10. The number of benzene rings is 1. The summed E-state index contributed by atoms with van der Waals surface area (Å²) in [5.74, 6) is 0.957. The molecule has 0 radical (unpaired) electrons. The Bertz CT molecular complexity index is 331. The maximum absolute atomic E-state index is 5.42. The molecule has 0 atom stereocenters. The van der Waals surface area contributed by atoms with E-state index >= 15 is 0 Å². The Morgan fingerprint density at radius 2 is 2.38 bits per heavy atom. The standard InChI is InChI=1S/C11H13NO/c1-2-13-10-5-6-11-9(8-10)4-3-7-12-11/h5-8H,2-4H2,1H3. The van der Waals surface area contributed by atoms with Crippen molar-refractivity contribution >= 4 is 11.9 Å². The number of rotatable bonds is 2. The number of aliphatic imine (C=N–C) groups is 1. The Labute approximate surface area is 78.3 Å². The fraction of sp³-hybridized carbons (Fsp3) is 0.364. The van der Waals surface area contributed by atoms with Gasteiger partial charge in [0.2, 0.25) is 0 Å². The second-order valence-electron chi connectivity index (χ2n) is 3.07. The summed E-state index contributed by atoms with van der Waals surface area (Å²) in [5, 5.41) is 0. The Kier molecular flexibility index (Phi) is 2.30. The molecule has 0 unspecified atom stereocenters. The topological polar surface area (TPSA) is 21.6 Å². The molecule has 1 aliphatic rings. The molecule has 0 saturated heterocycles. The van der Waals surface area contributed by atoms with Gasteiger partial charge >= 0.3 is 0 Å². The van der Waals surface area contributed by atoms with Crippen LogP contribution in [0, 0.1) is 0 Å². The quantitative estimate of drug-likeness (QED) is 0.677. The number of hydrogen-bond acceptors (Lipinski definition) is 2. The summed E-state index contributed by atoms with van der Waals surface area (Å²) in [5.41, 5.74) is 2.39. The van der Waals surface area contributed by atoms with Crippen molar-refractivity contribution in [3.63, 3.8) is 0 Å². The van der Waals surface area contributed by atoms with Crippen LogP contribution < -0.4 is 4.74 Å². The maximum Gasteiger partial charge on any atom is 0.119 e. The van der Waals surface area contributed by atoms with Crippen molar-refractivity contribution in [3.05, 3.63) is 23.8 Å². The molecule has 1 heterocycles. The summed E-state index contributed by atoms with van der Waals surface area (Å²) in [7, 11) is 0. The SMILES string of the molecule is CCOc1ccc2c(c1)CCC=N2. The van der Waals surface area contributed by atoms with E-state index in [1.165, 1.54) is 5.56 Å². The zero-order valence-electron chi connectivity index (χ0n) is 7.79. The van der Waals surface area contributed by atoms with Gasteiger partial charge in [0, 0.05) is 6.21 Å². The Morgan fingerprint density at radius 1 is 1.46 bits per heavy atom. The largest absolute Gasteiger partial charge is 0.494 e. The molecule has 0 amide bonds. The van der Waals surface area contributed by atoms with Gasteiger partial charge in [-0.15, -0.1) is 0 Å². The van der Waals surface area contributed by atoms with Crippen molar-refractivity contribution in [2.45, 2.75) is 19.8 Å². The third kappa shape index (κ3) is 1.72. The van der Waals surface area contributed by atoms with E-state index in [-0.39, 0.29) is 0 Å². The molecule has 1 aromatic rings. The molecule has 2 heteroatoms. The molecular weight excluding hydrogens is 162 g/mol. The van der Waals surface area contributed by atoms with Crippen LogP contribution >= 0.6 is 0 Å². The van der Waals surface area contributed by atoms with Crippen LogP contribution in [0.25, 0.3) is 0 Å². The smallest absolute Gasteiger partial charge is 0.119 e. The van der Waals surface area contributed by atoms with Crippen LogP contribution in [0.5, 0.6) is 5.75 Å². The fourth-order valence-electron chi connectivity index (χ4n) is 1.53. The molecule has 0 N–H and O–H groups in total. The van der Waals surface area contributed by atoms with E-state index in [1.54, 1.807) is 0 Å². The first-order chi connectivity index (χ1) is 6.40. The third-order valence-electron chi connectivity index (χ3n) is 2.14. The van der Waals surface area contributed by atoms with Crippen molar-refractivity contribution in [2.24, 2.45) is 4.99 Å². The van der Waals surface area contributed by atoms with Gasteiger partial charge in [0.1, 0.15) is 5.75 Å². The molecule has 0 aromatic heterocycles. The first-order valence-corrected chi connectivity index (χ1v) is 4.68. The van der Waals surface area contributed by atoms with Gasteiger partial charge in [-0.25, -0.2) is 0 Å². The summed E-state index contributed by atoms with van der Waals surface area (Å²) in [6.45, 7) is 2.72. The molecule has 1 aliphatic heterocycles. The molecule has 0 saturated carbocycles. The van der Waals surface area contributed by atoms with E-state index in [2.05, 4.69) is 11.1 Å². The van der Waals surface area contributed by atoms with Gasteiger partial charge in [-0.3, -0.25) is 4.99 Å².